The molecule has 1 nitrogen and oxygen atoms in total. The fourth-order valence-corrected chi connectivity index (χ4v) is 4.12. The summed E-state index contributed by atoms with van der Waals surface area (Å²) in [5.41, 5.74) is 2.67. The Hall–Kier alpha value is -1.54. The van der Waals surface area contributed by atoms with Crippen LogP contribution in [0.3, 0.4) is 0 Å². The van der Waals surface area contributed by atoms with Crippen LogP contribution in [0.1, 0.15) is 84.1 Å². The van der Waals surface area contributed by atoms with E-state index in [1.54, 1.807) is 12.1 Å². The Labute approximate surface area is 181 Å². The van der Waals surface area contributed by atoms with Crippen molar-refractivity contribution in [2.75, 3.05) is 6.61 Å². The maximum absolute atomic E-state index is 14.7. The van der Waals surface area contributed by atoms with Crippen molar-refractivity contribution in [2.45, 2.75) is 78.6 Å². The van der Waals surface area contributed by atoms with Crippen LogP contribution in [0.2, 0.25) is 5.02 Å². The van der Waals surface area contributed by atoms with E-state index < -0.39 is 5.82 Å². The quantitative estimate of drug-likeness (QED) is 0.312. The zero-order valence-electron chi connectivity index (χ0n) is 18.4. The monoisotopic (exact) mass is 418 g/mol. The summed E-state index contributed by atoms with van der Waals surface area (Å²) in [5, 5.41) is 0.0514. The molecule has 0 radical (unpaired) electrons. The lowest BCUT2D eigenvalue weighted by atomic mass is 9.87. The van der Waals surface area contributed by atoms with Gasteiger partial charge in [-0.1, -0.05) is 88.7 Å². The van der Waals surface area contributed by atoms with Crippen molar-refractivity contribution in [3.63, 3.8) is 0 Å². The third-order valence-corrected chi connectivity index (χ3v) is 6.29. The molecule has 0 aliphatic heterocycles. The van der Waals surface area contributed by atoms with E-state index in [1.807, 2.05) is 19.1 Å². The largest absolute Gasteiger partial charge is 0.492 e. The van der Waals surface area contributed by atoms with Gasteiger partial charge in [-0.05, 0) is 54.9 Å². The van der Waals surface area contributed by atoms with Gasteiger partial charge < -0.3 is 4.74 Å². The molecular formula is C26H36ClFO. The van der Waals surface area contributed by atoms with Crippen molar-refractivity contribution in [2.24, 2.45) is 5.92 Å². The highest BCUT2D eigenvalue weighted by atomic mass is 35.5. The number of hydrogen-bond donors (Lipinski definition) is 0. The zero-order valence-corrected chi connectivity index (χ0v) is 19.2. The number of benzene rings is 2. The first-order valence-electron chi connectivity index (χ1n) is 11.2. The summed E-state index contributed by atoms with van der Waals surface area (Å²) < 4.78 is 20.1. The van der Waals surface area contributed by atoms with E-state index in [9.17, 15) is 4.39 Å². The average Bonchev–Trinajstić information content (AvgIpc) is 2.74. The van der Waals surface area contributed by atoms with E-state index in [4.69, 9.17) is 16.3 Å². The predicted molar refractivity (Wildman–Crippen MR) is 124 cm³/mol. The van der Waals surface area contributed by atoms with E-state index >= 15 is 0 Å². The zero-order chi connectivity index (χ0) is 21.2. The van der Waals surface area contributed by atoms with Crippen LogP contribution >= 0.6 is 11.6 Å². The maximum atomic E-state index is 14.7. The Morgan fingerprint density at radius 1 is 0.931 bits per heavy atom. The summed E-state index contributed by atoms with van der Waals surface area (Å²) in [6.07, 6.45) is 9.10. The molecule has 0 saturated heterocycles. The van der Waals surface area contributed by atoms with E-state index in [2.05, 4.69) is 32.9 Å². The minimum Gasteiger partial charge on any atom is -0.492 e. The molecule has 0 fully saturated rings. The lowest BCUT2D eigenvalue weighted by molar-refractivity contribution is 0.338. The Morgan fingerprint density at radius 2 is 1.66 bits per heavy atom. The van der Waals surface area contributed by atoms with Crippen LogP contribution in [0.15, 0.2) is 36.4 Å². The average molecular weight is 419 g/mol. The van der Waals surface area contributed by atoms with Crippen LogP contribution in [-0.2, 0) is 0 Å². The van der Waals surface area contributed by atoms with Crippen LogP contribution in [0.5, 0.6) is 5.75 Å². The standard InChI is InChI=1S/C26H36ClFO/c1-5-8-9-10-20(6-2)12-11-19(4)21-13-15-22(16-14-21)23-17-18-24(29-7-3)25(27)26(23)28/h13-20H,5-12H2,1-4H3. The molecule has 0 bridgehead atoms. The summed E-state index contributed by atoms with van der Waals surface area (Å²) >= 11 is 6.14. The first kappa shape index (κ1) is 23.7. The van der Waals surface area contributed by atoms with Gasteiger partial charge in [0.15, 0.2) is 5.82 Å². The first-order valence-corrected chi connectivity index (χ1v) is 11.6. The molecule has 2 aromatic rings. The van der Waals surface area contributed by atoms with Crippen LogP contribution in [0, 0.1) is 11.7 Å². The van der Waals surface area contributed by atoms with Gasteiger partial charge in [-0.2, -0.15) is 0 Å². The van der Waals surface area contributed by atoms with Crippen molar-refractivity contribution in [3.05, 3.63) is 52.8 Å². The molecule has 0 spiro atoms. The molecule has 160 valence electrons. The fourth-order valence-electron chi connectivity index (χ4n) is 3.90. The Morgan fingerprint density at radius 3 is 2.28 bits per heavy atom. The molecular weight excluding hydrogens is 383 g/mol. The van der Waals surface area contributed by atoms with E-state index in [0.29, 0.717) is 23.8 Å². The fraction of sp³-hybridized carbons (Fsp3) is 0.538. The molecule has 2 rings (SSSR count). The predicted octanol–water partition coefficient (Wildman–Crippen LogP) is 9.04. The first-order chi connectivity index (χ1) is 14.0. The summed E-state index contributed by atoms with van der Waals surface area (Å²) in [5.74, 6) is 1.32. The van der Waals surface area contributed by atoms with E-state index in [0.717, 1.165) is 11.5 Å². The van der Waals surface area contributed by atoms with Crippen LogP contribution in [-0.4, -0.2) is 6.61 Å². The summed E-state index contributed by atoms with van der Waals surface area (Å²) in [6, 6.07) is 11.7. The number of hydrogen-bond acceptors (Lipinski definition) is 1. The molecule has 0 aliphatic carbocycles. The van der Waals surface area contributed by atoms with Crippen molar-refractivity contribution in [1.82, 2.24) is 0 Å². The molecule has 29 heavy (non-hydrogen) atoms. The molecule has 0 amide bonds. The lowest BCUT2D eigenvalue weighted by Gasteiger charge is -2.18. The smallest absolute Gasteiger partial charge is 0.153 e. The molecule has 2 atom stereocenters. The normalized spacial score (nSPS) is 13.3. The second-order valence-electron chi connectivity index (χ2n) is 8.04. The Kier molecular flexibility index (Phi) is 10.0. The SMILES string of the molecule is CCCCCC(CC)CCC(C)c1ccc(-c2ccc(OCC)c(Cl)c2F)cc1. The minimum absolute atomic E-state index is 0.0514. The van der Waals surface area contributed by atoms with Crippen molar-refractivity contribution >= 4 is 11.6 Å². The van der Waals surface area contributed by atoms with Gasteiger partial charge in [0.05, 0.1) is 6.61 Å². The summed E-state index contributed by atoms with van der Waals surface area (Å²) in [7, 11) is 0. The van der Waals surface area contributed by atoms with Gasteiger partial charge in [0, 0.05) is 5.56 Å². The Balaban J connectivity index is 2.01. The minimum atomic E-state index is -0.420. The third kappa shape index (κ3) is 6.74. The highest BCUT2D eigenvalue weighted by Crippen LogP contribution is 2.35. The second kappa shape index (κ2) is 12.2. The lowest BCUT2D eigenvalue weighted by Crippen LogP contribution is -2.03. The second-order valence-corrected chi connectivity index (χ2v) is 8.42. The topological polar surface area (TPSA) is 9.23 Å². The van der Waals surface area contributed by atoms with Gasteiger partial charge in [0.1, 0.15) is 10.8 Å². The maximum Gasteiger partial charge on any atom is 0.153 e. The third-order valence-electron chi connectivity index (χ3n) is 5.94. The molecule has 3 heteroatoms. The van der Waals surface area contributed by atoms with Crippen molar-refractivity contribution < 1.29 is 9.13 Å². The van der Waals surface area contributed by atoms with Crippen molar-refractivity contribution in [3.8, 4) is 16.9 Å². The highest BCUT2D eigenvalue weighted by Gasteiger charge is 2.15. The molecule has 0 N–H and O–H groups in total. The van der Waals surface area contributed by atoms with Crippen LogP contribution in [0.4, 0.5) is 4.39 Å². The van der Waals surface area contributed by atoms with Crippen LogP contribution < -0.4 is 4.74 Å². The number of halogens is 2. The van der Waals surface area contributed by atoms with Gasteiger partial charge in [-0.15, -0.1) is 0 Å². The molecule has 2 aromatic carbocycles. The molecule has 0 aliphatic rings. The van der Waals surface area contributed by atoms with Gasteiger partial charge in [0.2, 0.25) is 0 Å². The van der Waals surface area contributed by atoms with Crippen molar-refractivity contribution in [1.29, 1.82) is 0 Å². The molecule has 0 aromatic heterocycles. The number of unbranched alkanes of at least 4 members (excludes halogenated alkanes) is 2. The van der Waals surface area contributed by atoms with Gasteiger partial charge in [-0.3, -0.25) is 0 Å². The number of ether oxygens (including phenoxy) is 1. The molecule has 0 saturated carbocycles. The van der Waals surface area contributed by atoms with Gasteiger partial charge in [-0.25, -0.2) is 4.39 Å². The van der Waals surface area contributed by atoms with Gasteiger partial charge >= 0.3 is 0 Å². The Bertz CT molecular complexity index is 741. The van der Waals surface area contributed by atoms with E-state index in [-0.39, 0.29) is 5.02 Å². The molecule has 2 unspecified atom stereocenters. The van der Waals surface area contributed by atoms with Crippen LogP contribution in [0.25, 0.3) is 11.1 Å². The summed E-state index contributed by atoms with van der Waals surface area (Å²) in [6.45, 7) is 9.19. The van der Waals surface area contributed by atoms with E-state index in [1.165, 1.54) is 50.5 Å². The van der Waals surface area contributed by atoms with Gasteiger partial charge in [0.25, 0.3) is 0 Å². The molecule has 0 heterocycles. The summed E-state index contributed by atoms with van der Waals surface area (Å²) in [4.78, 5) is 0. The number of rotatable bonds is 12. The highest BCUT2D eigenvalue weighted by molar-refractivity contribution is 6.32.